The Morgan fingerprint density at radius 3 is 2.05 bits per heavy atom. The minimum absolute atomic E-state index is 0.117. The Hall–Kier alpha value is -4.30. The third-order valence-corrected chi connectivity index (χ3v) is 7.05. The van der Waals surface area contributed by atoms with Gasteiger partial charge in [-0.25, -0.2) is 0 Å². The van der Waals surface area contributed by atoms with Crippen LogP contribution >= 0.6 is 11.8 Å². The van der Waals surface area contributed by atoms with E-state index in [-0.39, 0.29) is 18.3 Å². The van der Waals surface area contributed by atoms with Gasteiger partial charge in [0.2, 0.25) is 0 Å². The second-order valence-electron chi connectivity index (χ2n) is 8.62. The zero-order chi connectivity index (χ0) is 27.5. The van der Waals surface area contributed by atoms with Gasteiger partial charge in [-0.15, -0.1) is 11.8 Å². The van der Waals surface area contributed by atoms with E-state index < -0.39 is 10.2 Å². The summed E-state index contributed by atoms with van der Waals surface area (Å²) in [6.45, 7) is 1.98. The van der Waals surface area contributed by atoms with Gasteiger partial charge in [-0.05, 0) is 80.3 Å². The Balaban J connectivity index is 1.43. The summed E-state index contributed by atoms with van der Waals surface area (Å²) < 4.78 is 17.0. The van der Waals surface area contributed by atoms with Gasteiger partial charge in [0.05, 0.1) is 22.5 Å². The Kier molecular flexibility index (Phi) is 9.97. The van der Waals surface area contributed by atoms with Crippen LogP contribution in [0.15, 0.2) is 108 Å². The van der Waals surface area contributed by atoms with Gasteiger partial charge in [-0.3, -0.25) is 14.9 Å². The molecule has 7 nitrogen and oxygen atoms in total. The van der Waals surface area contributed by atoms with Crippen LogP contribution in [0.1, 0.15) is 25.3 Å². The molecule has 4 rings (SSSR count). The van der Waals surface area contributed by atoms with Crippen LogP contribution in [0, 0.1) is 10.1 Å². The van der Waals surface area contributed by atoms with Crippen molar-refractivity contribution in [2.24, 2.45) is 0 Å². The molecule has 0 bridgehead atoms. The summed E-state index contributed by atoms with van der Waals surface area (Å²) in [5, 5.41) is 11.3. The van der Waals surface area contributed by atoms with Crippen molar-refractivity contribution in [3.05, 3.63) is 119 Å². The maximum Gasteiger partial charge on any atom is 0.319 e. The van der Waals surface area contributed by atoms with Gasteiger partial charge in [0.1, 0.15) is 28.2 Å². The normalized spacial score (nSPS) is 11.4. The molecule has 0 aromatic heterocycles. The van der Waals surface area contributed by atoms with Crippen molar-refractivity contribution < 1.29 is 23.9 Å². The van der Waals surface area contributed by atoms with E-state index in [1.807, 2.05) is 72.8 Å². The number of nitro benzene ring substituents is 1. The quantitative estimate of drug-likeness (QED) is 0.0726. The molecule has 0 aliphatic carbocycles. The molecule has 0 amide bonds. The number of hydrogen-bond acceptors (Lipinski definition) is 7. The van der Waals surface area contributed by atoms with Crippen LogP contribution < -0.4 is 9.47 Å². The Bertz CT molecular complexity index is 1380. The van der Waals surface area contributed by atoms with E-state index in [0.717, 1.165) is 28.8 Å². The van der Waals surface area contributed by atoms with E-state index in [1.165, 1.54) is 6.07 Å². The average Bonchev–Trinajstić information content (AvgIpc) is 2.94. The molecule has 1 atom stereocenters. The summed E-state index contributed by atoms with van der Waals surface area (Å²) in [5.41, 5.74) is 0.956. The zero-order valence-electron chi connectivity index (χ0n) is 21.5. The first-order valence-corrected chi connectivity index (χ1v) is 13.6. The van der Waals surface area contributed by atoms with Gasteiger partial charge < -0.3 is 14.2 Å². The molecular weight excluding hydrogens is 514 g/mol. The number of carbonyl (C=O) groups excluding carboxylic acids is 1. The highest BCUT2D eigenvalue weighted by Crippen LogP contribution is 2.38. The molecule has 0 heterocycles. The fraction of sp³-hybridized carbons (Fsp3) is 0.194. The van der Waals surface area contributed by atoms with Gasteiger partial charge in [-0.2, -0.15) is 0 Å². The highest BCUT2D eigenvalue weighted by Gasteiger charge is 2.26. The van der Waals surface area contributed by atoms with Crippen LogP contribution in [0.25, 0.3) is 0 Å². The van der Waals surface area contributed by atoms with E-state index in [0.29, 0.717) is 35.7 Å². The van der Waals surface area contributed by atoms with Crippen LogP contribution in [-0.4, -0.2) is 22.7 Å². The predicted molar refractivity (Wildman–Crippen MR) is 152 cm³/mol. The number of nitro groups is 1. The fourth-order valence-corrected chi connectivity index (χ4v) is 5.08. The van der Waals surface area contributed by atoms with Crippen LogP contribution in [0.3, 0.4) is 0 Å². The maximum absolute atomic E-state index is 12.8. The van der Waals surface area contributed by atoms with Crippen molar-refractivity contribution in [2.75, 3.05) is 6.61 Å². The number of carbonyl (C=O) groups is 1. The lowest BCUT2D eigenvalue weighted by molar-refractivity contribution is -0.387. The number of nitrogens with zero attached hydrogens (tertiary/aromatic N) is 1. The lowest BCUT2D eigenvalue weighted by Gasteiger charge is -2.16. The molecule has 0 aliphatic heterocycles. The molecule has 0 aliphatic rings. The van der Waals surface area contributed by atoms with Gasteiger partial charge in [0, 0.05) is 0 Å². The lowest BCUT2D eigenvalue weighted by Crippen LogP contribution is -2.20. The number of thioether (sulfide) groups is 1. The van der Waals surface area contributed by atoms with Crippen molar-refractivity contribution in [1.82, 2.24) is 0 Å². The fourth-order valence-electron chi connectivity index (χ4n) is 3.92. The summed E-state index contributed by atoms with van der Waals surface area (Å²) in [6, 6.07) is 31.1. The minimum atomic E-state index is -0.590. The van der Waals surface area contributed by atoms with E-state index in [2.05, 4.69) is 0 Å². The second-order valence-corrected chi connectivity index (χ2v) is 9.86. The molecule has 39 heavy (non-hydrogen) atoms. The molecule has 4 aromatic rings. The Morgan fingerprint density at radius 1 is 0.821 bits per heavy atom. The van der Waals surface area contributed by atoms with E-state index in [1.54, 1.807) is 31.2 Å². The number of hydrogen-bond donors (Lipinski definition) is 0. The van der Waals surface area contributed by atoms with Crippen molar-refractivity contribution in [1.29, 1.82) is 0 Å². The second kappa shape index (κ2) is 14.0. The highest BCUT2D eigenvalue weighted by molar-refractivity contribution is 8.00. The van der Waals surface area contributed by atoms with Crippen molar-refractivity contribution in [3.8, 4) is 23.0 Å². The molecular formula is C31H29NO6S. The average molecular weight is 544 g/mol. The maximum atomic E-state index is 12.8. The highest BCUT2D eigenvalue weighted by atomic mass is 32.2. The number of para-hydroxylation sites is 2. The first-order chi connectivity index (χ1) is 19.0. The molecule has 4 aromatic carbocycles. The van der Waals surface area contributed by atoms with Crippen molar-refractivity contribution >= 4 is 23.4 Å². The number of benzene rings is 4. The molecule has 0 saturated carbocycles. The van der Waals surface area contributed by atoms with E-state index in [9.17, 15) is 14.9 Å². The summed E-state index contributed by atoms with van der Waals surface area (Å²) in [7, 11) is 0. The van der Waals surface area contributed by atoms with Gasteiger partial charge in [-0.1, -0.05) is 48.5 Å². The molecule has 0 fully saturated rings. The largest absolute Gasteiger partial charge is 0.465 e. The molecule has 200 valence electrons. The van der Waals surface area contributed by atoms with Crippen LogP contribution in [0.2, 0.25) is 0 Å². The topological polar surface area (TPSA) is 87.9 Å². The van der Waals surface area contributed by atoms with Gasteiger partial charge in [0.15, 0.2) is 0 Å². The lowest BCUT2D eigenvalue weighted by atomic mass is 10.1. The first-order valence-electron chi connectivity index (χ1n) is 12.7. The number of aryl methyl sites for hydroxylation is 1. The van der Waals surface area contributed by atoms with Gasteiger partial charge >= 0.3 is 5.97 Å². The van der Waals surface area contributed by atoms with E-state index >= 15 is 0 Å². The first kappa shape index (κ1) is 27.7. The Morgan fingerprint density at radius 2 is 1.44 bits per heavy atom. The van der Waals surface area contributed by atoms with Crippen molar-refractivity contribution in [3.63, 3.8) is 0 Å². The number of esters is 1. The van der Waals surface area contributed by atoms with Gasteiger partial charge in [0.25, 0.3) is 5.69 Å². The third-order valence-electron chi connectivity index (χ3n) is 5.73. The number of ether oxygens (including phenoxy) is 3. The SMILES string of the molecule is CCOC(=O)[C@H](CCCc1cccc(Oc2ccccc2)c1)Sc1ccc(Oc2ccccc2)cc1[N+](=O)[O-]. The minimum Gasteiger partial charge on any atom is -0.465 e. The predicted octanol–water partition coefficient (Wildman–Crippen LogP) is 8.23. The van der Waals surface area contributed by atoms with Crippen molar-refractivity contribution in [2.45, 2.75) is 36.3 Å². The zero-order valence-corrected chi connectivity index (χ0v) is 22.3. The Labute approximate surface area is 231 Å². The van der Waals surface area contributed by atoms with Crippen LogP contribution in [0.4, 0.5) is 5.69 Å². The van der Waals surface area contributed by atoms with E-state index in [4.69, 9.17) is 14.2 Å². The monoisotopic (exact) mass is 543 g/mol. The number of rotatable bonds is 13. The summed E-state index contributed by atoms with van der Waals surface area (Å²) >= 11 is 1.15. The summed E-state index contributed by atoms with van der Waals surface area (Å²) in [6.07, 6.45) is 1.90. The summed E-state index contributed by atoms with van der Waals surface area (Å²) in [4.78, 5) is 24.6. The van der Waals surface area contributed by atoms with Crippen LogP contribution in [-0.2, 0) is 16.0 Å². The molecule has 0 radical (unpaired) electrons. The smallest absolute Gasteiger partial charge is 0.319 e. The molecule has 0 saturated heterocycles. The third kappa shape index (κ3) is 8.35. The molecule has 0 unspecified atom stereocenters. The van der Waals surface area contributed by atoms with Crippen LogP contribution in [0.5, 0.6) is 23.0 Å². The molecule has 0 spiro atoms. The standard InChI is InChI=1S/C31H29NO6S/c1-2-36-31(33)30(18-10-12-23-11-9-17-26(21-23)37-24-13-5-3-6-14-24)39-29-20-19-27(22-28(29)32(34)35)38-25-15-7-4-8-16-25/h3-9,11,13-17,19-22,30H,2,10,12,18H2,1H3/t30-/m0/s1. The molecule has 0 N–H and O–H groups in total. The molecule has 8 heteroatoms. The summed E-state index contributed by atoms with van der Waals surface area (Å²) in [5.74, 6) is 2.04.